The Kier molecular flexibility index (Phi) is 3.65. The zero-order valence-electron chi connectivity index (χ0n) is 12.1. The largest absolute Gasteiger partial charge is 0.353 e. The van der Waals surface area contributed by atoms with Crippen molar-refractivity contribution in [3.63, 3.8) is 0 Å². The van der Waals surface area contributed by atoms with Gasteiger partial charge in [0, 0.05) is 31.6 Å². The minimum absolute atomic E-state index is 0.792. The van der Waals surface area contributed by atoms with Crippen molar-refractivity contribution in [1.82, 2.24) is 14.9 Å². The Morgan fingerprint density at radius 3 is 2.55 bits per heavy atom. The van der Waals surface area contributed by atoms with Crippen LogP contribution in [0.2, 0.25) is 0 Å². The van der Waals surface area contributed by atoms with Crippen molar-refractivity contribution in [2.45, 2.75) is 6.92 Å². The quantitative estimate of drug-likeness (QED) is 0.837. The highest BCUT2D eigenvalue weighted by molar-refractivity contribution is 5.90. The summed E-state index contributed by atoms with van der Waals surface area (Å²) in [6, 6.07) is 8.26. The third kappa shape index (κ3) is 2.51. The number of hydrogen-bond donors (Lipinski definition) is 0. The van der Waals surface area contributed by atoms with E-state index in [4.69, 9.17) is 4.98 Å². The molecule has 1 aliphatic heterocycles. The summed E-state index contributed by atoms with van der Waals surface area (Å²) in [5.74, 6) is 1.86. The number of fused-ring (bicyclic) bond motifs is 1. The van der Waals surface area contributed by atoms with Crippen LogP contribution < -0.4 is 4.90 Å². The molecule has 2 aromatic rings. The maximum Gasteiger partial charge on any atom is 0.154 e. The first-order valence-corrected chi connectivity index (χ1v) is 7.11. The molecule has 1 saturated heterocycles. The van der Waals surface area contributed by atoms with E-state index >= 15 is 0 Å². The van der Waals surface area contributed by atoms with Crippen LogP contribution in [-0.4, -0.2) is 48.1 Å². The van der Waals surface area contributed by atoms with Gasteiger partial charge in [-0.3, -0.25) is 0 Å². The molecule has 4 heteroatoms. The Bertz CT molecular complexity index is 627. The normalized spacial score (nSPS) is 17.2. The summed E-state index contributed by atoms with van der Waals surface area (Å²) in [4.78, 5) is 14.1. The fourth-order valence-corrected chi connectivity index (χ4v) is 2.56. The van der Waals surface area contributed by atoms with Crippen LogP contribution in [0.5, 0.6) is 0 Å². The van der Waals surface area contributed by atoms with Gasteiger partial charge in [-0.1, -0.05) is 18.2 Å². The molecule has 3 rings (SSSR count). The van der Waals surface area contributed by atoms with E-state index in [1.807, 2.05) is 25.1 Å². The molecule has 0 aliphatic carbocycles. The van der Waals surface area contributed by atoms with Crippen molar-refractivity contribution >= 4 is 22.8 Å². The Labute approximate surface area is 119 Å². The molecule has 0 unspecified atom stereocenters. The van der Waals surface area contributed by atoms with Crippen molar-refractivity contribution in [1.29, 1.82) is 0 Å². The zero-order chi connectivity index (χ0) is 13.9. The van der Waals surface area contributed by atoms with Gasteiger partial charge in [0.2, 0.25) is 0 Å². The summed E-state index contributed by atoms with van der Waals surface area (Å²) in [5, 5.41) is 1.14. The van der Waals surface area contributed by atoms with Gasteiger partial charge < -0.3 is 9.80 Å². The van der Waals surface area contributed by atoms with E-state index in [1.165, 1.54) is 0 Å². The summed E-state index contributed by atoms with van der Waals surface area (Å²) in [7, 11) is 2.17. The predicted molar refractivity (Wildman–Crippen MR) is 84.0 cm³/mol. The molecule has 0 radical (unpaired) electrons. The highest BCUT2D eigenvalue weighted by Gasteiger charge is 2.18. The molecule has 0 saturated carbocycles. The van der Waals surface area contributed by atoms with E-state index in [2.05, 4.69) is 40.0 Å². The van der Waals surface area contributed by atoms with Crippen LogP contribution in [0.1, 0.15) is 12.7 Å². The molecule has 0 amide bonds. The van der Waals surface area contributed by atoms with E-state index in [1.54, 1.807) is 0 Å². The van der Waals surface area contributed by atoms with Crippen molar-refractivity contribution in [2.75, 3.05) is 38.1 Å². The molecular weight excluding hydrogens is 248 g/mol. The van der Waals surface area contributed by atoms with Gasteiger partial charge in [0.15, 0.2) is 5.82 Å². The minimum atomic E-state index is 0.792. The molecule has 2 heterocycles. The molecule has 1 fully saturated rings. The zero-order valence-corrected chi connectivity index (χ0v) is 12.1. The van der Waals surface area contributed by atoms with Gasteiger partial charge in [0.05, 0.1) is 5.52 Å². The van der Waals surface area contributed by atoms with Crippen molar-refractivity contribution < 1.29 is 0 Å². The first-order chi connectivity index (χ1) is 9.78. The van der Waals surface area contributed by atoms with Crippen LogP contribution in [0.3, 0.4) is 0 Å². The highest BCUT2D eigenvalue weighted by atomic mass is 15.3. The number of anilines is 1. The van der Waals surface area contributed by atoms with Crippen LogP contribution in [0, 0.1) is 0 Å². The van der Waals surface area contributed by atoms with Crippen LogP contribution >= 0.6 is 0 Å². The summed E-state index contributed by atoms with van der Waals surface area (Å²) >= 11 is 0. The number of nitrogens with zero attached hydrogens (tertiary/aromatic N) is 4. The average molecular weight is 268 g/mol. The lowest BCUT2D eigenvalue weighted by Crippen LogP contribution is -2.45. The van der Waals surface area contributed by atoms with Crippen LogP contribution in [0.25, 0.3) is 17.0 Å². The Balaban J connectivity index is 2.07. The summed E-state index contributed by atoms with van der Waals surface area (Å²) < 4.78 is 0. The first kappa shape index (κ1) is 13.1. The van der Waals surface area contributed by atoms with Gasteiger partial charge in [0.25, 0.3) is 0 Å². The molecule has 1 aliphatic rings. The second-order valence-corrected chi connectivity index (χ2v) is 5.21. The lowest BCUT2D eigenvalue weighted by atomic mass is 10.2. The average Bonchev–Trinajstić information content (AvgIpc) is 2.48. The topological polar surface area (TPSA) is 32.3 Å². The maximum atomic E-state index is 4.75. The number of rotatable bonds is 2. The number of piperazine rings is 1. The summed E-state index contributed by atoms with van der Waals surface area (Å²) in [5.41, 5.74) is 1.02. The van der Waals surface area contributed by atoms with Gasteiger partial charge in [-0.05, 0) is 32.2 Å². The van der Waals surface area contributed by atoms with Crippen molar-refractivity contribution in [3.05, 3.63) is 36.2 Å². The number of likely N-dealkylation sites (N-methyl/N-ethyl adjacent to an activating group) is 1. The fourth-order valence-electron chi connectivity index (χ4n) is 2.56. The third-order valence-corrected chi connectivity index (χ3v) is 3.72. The highest BCUT2D eigenvalue weighted by Crippen LogP contribution is 2.25. The summed E-state index contributed by atoms with van der Waals surface area (Å²) in [6.45, 7) is 6.20. The van der Waals surface area contributed by atoms with E-state index in [-0.39, 0.29) is 0 Å². The number of benzene rings is 1. The number of para-hydroxylation sites is 1. The Morgan fingerprint density at radius 2 is 1.80 bits per heavy atom. The monoisotopic (exact) mass is 268 g/mol. The molecule has 4 nitrogen and oxygen atoms in total. The lowest BCUT2D eigenvalue weighted by Gasteiger charge is -2.33. The Morgan fingerprint density at radius 1 is 1.05 bits per heavy atom. The number of hydrogen-bond acceptors (Lipinski definition) is 4. The molecule has 20 heavy (non-hydrogen) atoms. The molecule has 1 aromatic heterocycles. The van der Waals surface area contributed by atoms with E-state index < -0.39 is 0 Å². The van der Waals surface area contributed by atoms with Crippen LogP contribution in [0.4, 0.5) is 5.82 Å². The van der Waals surface area contributed by atoms with E-state index in [0.717, 1.165) is 48.7 Å². The molecular formula is C16H20N4. The standard InChI is InChI=1S/C16H20N4/c1-3-6-15-17-14-8-5-4-7-13(14)16(18-15)20-11-9-19(2)10-12-20/h3-8H,9-12H2,1-2H3. The second kappa shape index (κ2) is 5.59. The molecule has 0 bridgehead atoms. The van der Waals surface area contributed by atoms with Crippen molar-refractivity contribution in [2.24, 2.45) is 0 Å². The van der Waals surface area contributed by atoms with Gasteiger partial charge in [-0.2, -0.15) is 0 Å². The van der Waals surface area contributed by atoms with Gasteiger partial charge in [0.1, 0.15) is 5.82 Å². The molecule has 104 valence electrons. The van der Waals surface area contributed by atoms with Crippen molar-refractivity contribution in [3.8, 4) is 0 Å². The SMILES string of the molecule is CC=Cc1nc(N2CCN(C)CC2)c2ccccc2n1. The molecule has 0 atom stereocenters. The van der Waals surface area contributed by atoms with Crippen LogP contribution in [-0.2, 0) is 0 Å². The number of allylic oxidation sites excluding steroid dienone is 1. The molecule has 0 spiro atoms. The van der Waals surface area contributed by atoms with Gasteiger partial charge in [-0.25, -0.2) is 9.97 Å². The maximum absolute atomic E-state index is 4.75. The third-order valence-electron chi connectivity index (χ3n) is 3.72. The smallest absolute Gasteiger partial charge is 0.154 e. The van der Waals surface area contributed by atoms with Gasteiger partial charge in [-0.15, -0.1) is 0 Å². The second-order valence-electron chi connectivity index (χ2n) is 5.21. The Hall–Kier alpha value is -1.94. The molecule has 1 aromatic carbocycles. The predicted octanol–water partition coefficient (Wildman–Crippen LogP) is 2.41. The first-order valence-electron chi connectivity index (χ1n) is 7.11. The van der Waals surface area contributed by atoms with Crippen LogP contribution in [0.15, 0.2) is 30.3 Å². The lowest BCUT2D eigenvalue weighted by molar-refractivity contribution is 0.312. The van der Waals surface area contributed by atoms with Gasteiger partial charge >= 0.3 is 0 Å². The number of aromatic nitrogens is 2. The van der Waals surface area contributed by atoms with E-state index in [0.29, 0.717) is 0 Å². The minimum Gasteiger partial charge on any atom is -0.353 e. The summed E-state index contributed by atoms with van der Waals surface area (Å²) in [6.07, 6.45) is 3.95. The molecule has 0 N–H and O–H groups in total. The van der Waals surface area contributed by atoms with E-state index in [9.17, 15) is 0 Å². The fraction of sp³-hybridized carbons (Fsp3) is 0.375.